The van der Waals surface area contributed by atoms with Gasteiger partial charge in [0.2, 0.25) is 0 Å². The van der Waals surface area contributed by atoms with E-state index in [0.717, 1.165) is 52.7 Å². The number of thiazole rings is 1. The predicted octanol–water partition coefficient (Wildman–Crippen LogP) is 2.95. The van der Waals surface area contributed by atoms with Crippen LogP contribution in [0.5, 0.6) is 0 Å². The number of halogens is 1. The molecular formula is C18H19FN4OS. The first-order chi connectivity index (χ1) is 11.9. The van der Waals surface area contributed by atoms with Gasteiger partial charge in [-0.05, 0) is 31.4 Å². The molecule has 0 atom stereocenters. The fourth-order valence-corrected chi connectivity index (χ4v) is 4.92. The average molecular weight is 358 g/mol. The van der Waals surface area contributed by atoms with Crippen molar-refractivity contribution in [3.05, 3.63) is 38.5 Å². The number of hydrogen-bond donors (Lipinski definition) is 0. The van der Waals surface area contributed by atoms with E-state index in [1.54, 1.807) is 11.9 Å². The summed E-state index contributed by atoms with van der Waals surface area (Å²) in [6, 6.07) is 1.96. The fourth-order valence-electron chi connectivity index (χ4n) is 3.66. The molecule has 1 fully saturated rings. The minimum Gasteiger partial charge on any atom is -0.351 e. The molecule has 0 aromatic carbocycles. The van der Waals surface area contributed by atoms with E-state index in [-0.39, 0.29) is 5.91 Å². The lowest BCUT2D eigenvalue weighted by atomic mass is 10.1. The molecule has 0 spiro atoms. The van der Waals surface area contributed by atoms with E-state index in [1.807, 2.05) is 13.0 Å². The largest absolute Gasteiger partial charge is 0.351 e. The van der Waals surface area contributed by atoms with Crippen molar-refractivity contribution in [1.82, 2.24) is 14.9 Å². The van der Waals surface area contributed by atoms with Crippen LogP contribution in [0.2, 0.25) is 0 Å². The molecule has 2 aromatic rings. The van der Waals surface area contributed by atoms with Crippen molar-refractivity contribution in [3.8, 4) is 0 Å². The molecule has 2 aromatic heterocycles. The molecule has 0 saturated heterocycles. The predicted molar refractivity (Wildman–Crippen MR) is 93.7 cm³/mol. The summed E-state index contributed by atoms with van der Waals surface area (Å²) < 4.78 is 14.3. The SMILES string of the molecule is Cc1cc2c(nc1N1CCc3nc(C4(F)CC4)sc3C1)CN(C)C2=O. The molecule has 3 aliphatic rings. The summed E-state index contributed by atoms with van der Waals surface area (Å²) in [6.45, 7) is 4.11. The first-order valence-corrected chi connectivity index (χ1v) is 9.45. The molecule has 2 aliphatic heterocycles. The highest BCUT2D eigenvalue weighted by atomic mass is 32.1. The number of hydrogen-bond acceptors (Lipinski definition) is 5. The lowest BCUT2D eigenvalue weighted by molar-refractivity contribution is 0.0816. The Labute approximate surface area is 149 Å². The molecular weight excluding hydrogens is 339 g/mol. The highest BCUT2D eigenvalue weighted by molar-refractivity contribution is 7.12. The van der Waals surface area contributed by atoms with Crippen LogP contribution in [0.15, 0.2) is 6.07 Å². The molecule has 0 radical (unpaired) electrons. The number of pyridine rings is 1. The van der Waals surface area contributed by atoms with Crippen LogP contribution >= 0.6 is 11.3 Å². The summed E-state index contributed by atoms with van der Waals surface area (Å²) in [4.78, 5) is 26.6. The van der Waals surface area contributed by atoms with Crippen LogP contribution in [0.3, 0.4) is 0 Å². The first-order valence-electron chi connectivity index (χ1n) is 8.63. The van der Waals surface area contributed by atoms with Crippen molar-refractivity contribution < 1.29 is 9.18 Å². The lowest BCUT2D eigenvalue weighted by Crippen LogP contribution is -2.31. The number of carbonyl (C=O) groups is 1. The number of anilines is 1. The zero-order chi connectivity index (χ0) is 17.3. The summed E-state index contributed by atoms with van der Waals surface area (Å²) in [5.41, 5.74) is 2.48. The van der Waals surface area contributed by atoms with Gasteiger partial charge in [0.1, 0.15) is 10.8 Å². The number of amides is 1. The van der Waals surface area contributed by atoms with E-state index < -0.39 is 5.67 Å². The van der Waals surface area contributed by atoms with E-state index in [4.69, 9.17) is 4.98 Å². The Kier molecular flexibility index (Phi) is 3.05. The van der Waals surface area contributed by atoms with Gasteiger partial charge in [-0.1, -0.05) is 0 Å². The molecule has 1 saturated carbocycles. The Morgan fingerprint density at radius 3 is 2.80 bits per heavy atom. The molecule has 0 unspecified atom stereocenters. The number of aryl methyl sites for hydroxylation is 1. The molecule has 1 amide bonds. The van der Waals surface area contributed by atoms with Gasteiger partial charge in [0.15, 0.2) is 5.67 Å². The molecule has 130 valence electrons. The van der Waals surface area contributed by atoms with Gasteiger partial charge in [0.25, 0.3) is 5.91 Å². The average Bonchev–Trinajstić information content (AvgIpc) is 3.09. The standard InChI is InChI=1S/C18H19FN4OS/c1-10-7-11-13(8-22(2)16(11)24)20-15(10)23-6-3-12-14(9-23)25-17(21-12)18(19)4-5-18/h7H,3-6,8-9H2,1-2H3. The van der Waals surface area contributed by atoms with Crippen molar-refractivity contribution in [2.24, 2.45) is 0 Å². The number of nitrogens with zero attached hydrogens (tertiary/aromatic N) is 4. The zero-order valence-electron chi connectivity index (χ0n) is 14.3. The summed E-state index contributed by atoms with van der Waals surface area (Å²) in [5, 5.41) is 0.658. The third-order valence-corrected chi connectivity index (χ3v) is 6.59. The number of rotatable bonds is 2. The molecule has 5 nitrogen and oxygen atoms in total. The molecule has 0 bridgehead atoms. The summed E-state index contributed by atoms with van der Waals surface area (Å²) in [6.07, 6.45) is 2.03. The first kappa shape index (κ1) is 15.3. The van der Waals surface area contributed by atoms with Gasteiger partial charge in [-0.15, -0.1) is 11.3 Å². The molecule has 1 aliphatic carbocycles. The van der Waals surface area contributed by atoms with Crippen molar-refractivity contribution >= 4 is 23.1 Å². The number of fused-ring (bicyclic) bond motifs is 2. The van der Waals surface area contributed by atoms with Crippen LogP contribution in [-0.4, -0.2) is 34.4 Å². The van der Waals surface area contributed by atoms with Crippen molar-refractivity contribution in [3.63, 3.8) is 0 Å². The van der Waals surface area contributed by atoms with Crippen LogP contribution in [0.25, 0.3) is 0 Å². The van der Waals surface area contributed by atoms with E-state index in [2.05, 4.69) is 9.88 Å². The highest BCUT2D eigenvalue weighted by Gasteiger charge is 2.48. The maximum absolute atomic E-state index is 14.3. The second kappa shape index (κ2) is 5.00. The minimum absolute atomic E-state index is 0.0443. The Hall–Kier alpha value is -2.02. The Morgan fingerprint density at radius 2 is 2.04 bits per heavy atom. The van der Waals surface area contributed by atoms with E-state index in [0.29, 0.717) is 24.4 Å². The smallest absolute Gasteiger partial charge is 0.255 e. The van der Waals surface area contributed by atoms with Crippen LogP contribution in [0.1, 0.15) is 50.0 Å². The molecule has 5 rings (SSSR count). The lowest BCUT2D eigenvalue weighted by Gasteiger charge is -2.28. The normalized spacial score (nSPS) is 20.7. The van der Waals surface area contributed by atoms with Crippen LogP contribution < -0.4 is 4.90 Å². The number of alkyl halides is 1. The quantitative estimate of drug-likeness (QED) is 0.828. The molecule has 4 heterocycles. The fraction of sp³-hybridized carbons (Fsp3) is 0.500. The van der Waals surface area contributed by atoms with Gasteiger partial charge >= 0.3 is 0 Å². The molecule has 7 heteroatoms. The van der Waals surface area contributed by atoms with E-state index >= 15 is 0 Å². The van der Waals surface area contributed by atoms with Crippen LogP contribution in [0, 0.1) is 6.92 Å². The van der Waals surface area contributed by atoms with Crippen molar-refractivity contribution in [1.29, 1.82) is 0 Å². The summed E-state index contributed by atoms with van der Waals surface area (Å²) >= 11 is 1.52. The molecule has 25 heavy (non-hydrogen) atoms. The third kappa shape index (κ3) is 2.28. The molecule has 0 N–H and O–H groups in total. The van der Waals surface area contributed by atoms with Gasteiger partial charge in [0, 0.05) is 24.9 Å². The van der Waals surface area contributed by atoms with Crippen molar-refractivity contribution in [2.45, 2.75) is 44.9 Å². The Bertz CT molecular complexity index is 905. The summed E-state index contributed by atoms with van der Waals surface area (Å²) in [5.74, 6) is 0.978. The van der Waals surface area contributed by atoms with Crippen molar-refractivity contribution in [2.75, 3.05) is 18.5 Å². The van der Waals surface area contributed by atoms with Crippen LogP contribution in [0.4, 0.5) is 10.2 Å². The van der Waals surface area contributed by atoms with Gasteiger partial charge in [-0.3, -0.25) is 4.79 Å². The number of aromatic nitrogens is 2. The van der Waals surface area contributed by atoms with Gasteiger partial charge in [-0.2, -0.15) is 0 Å². The van der Waals surface area contributed by atoms with E-state index in [9.17, 15) is 9.18 Å². The Balaban J connectivity index is 1.46. The third-order valence-electron chi connectivity index (χ3n) is 5.33. The van der Waals surface area contributed by atoms with E-state index in [1.165, 1.54) is 11.3 Å². The maximum atomic E-state index is 14.3. The van der Waals surface area contributed by atoms with Gasteiger partial charge in [0.05, 0.1) is 30.0 Å². The number of carbonyl (C=O) groups excluding carboxylic acids is 1. The minimum atomic E-state index is -1.15. The van der Waals surface area contributed by atoms with Gasteiger partial charge in [-0.25, -0.2) is 14.4 Å². The zero-order valence-corrected chi connectivity index (χ0v) is 15.1. The topological polar surface area (TPSA) is 49.3 Å². The Morgan fingerprint density at radius 1 is 1.24 bits per heavy atom. The van der Waals surface area contributed by atoms with Crippen LogP contribution in [-0.2, 0) is 25.2 Å². The second-order valence-electron chi connectivity index (χ2n) is 7.31. The van der Waals surface area contributed by atoms with Gasteiger partial charge < -0.3 is 9.80 Å². The maximum Gasteiger partial charge on any atom is 0.255 e. The second-order valence-corrected chi connectivity index (χ2v) is 8.39. The summed E-state index contributed by atoms with van der Waals surface area (Å²) in [7, 11) is 1.80. The highest BCUT2D eigenvalue weighted by Crippen LogP contribution is 2.51. The monoisotopic (exact) mass is 358 g/mol.